The number of hydrogen-bond acceptors (Lipinski definition) is 2. The Labute approximate surface area is 74.4 Å². The first-order valence-corrected chi connectivity index (χ1v) is 3.85. The van der Waals surface area contributed by atoms with Gasteiger partial charge in [0.05, 0.1) is 5.69 Å². The summed E-state index contributed by atoms with van der Waals surface area (Å²) in [6, 6.07) is 7.39. The Morgan fingerprint density at radius 3 is 2.69 bits per heavy atom. The molecular formula is C10H8FNO. The van der Waals surface area contributed by atoms with Crippen molar-refractivity contribution in [3.05, 3.63) is 36.1 Å². The van der Waals surface area contributed by atoms with E-state index in [4.69, 9.17) is 5.73 Å². The van der Waals surface area contributed by atoms with Crippen LogP contribution in [0.3, 0.4) is 0 Å². The van der Waals surface area contributed by atoms with Crippen LogP contribution in [0.5, 0.6) is 5.75 Å². The number of nitrogen functional groups attached to an aromatic ring is 1. The molecule has 2 aromatic rings. The highest BCUT2D eigenvalue weighted by molar-refractivity contribution is 5.92. The molecule has 0 fully saturated rings. The lowest BCUT2D eigenvalue weighted by atomic mass is 10.1. The molecule has 2 nitrogen and oxygen atoms in total. The molecule has 0 atom stereocenters. The van der Waals surface area contributed by atoms with Gasteiger partial charge in [0.1, 0.15) is 11.6 Å². The second kappa shape index (κ2) is 2.62. The summed E-state index contributed by atoms with van der Waals surface area (Å²) in [6.07, 6.45) is 0. The van der Waals surface area contributed by atoms with Crippen molar-refractivity contribution in [2.45, 2.75) is 0 Å². The van der Waals surface area contributed by atoms with Crippen molar-refractivity contribution in [3.8, 4) is 5.75 Å². The summed E-state index contributed by atoms with van der Waals surface area (Å²) < 4.78 is 12.8. The standard InChI is InChI=1S/C10H8FNO/c11-7-2-3-8-6(5-7)1-4-9(12)10(8)13/h1-5,13H,12H2. The molecule has 0 unspecified atom stereocenters. The molecule has 3 N–H and O–H groups in total. The number of rotatable bonds is 0. The summed E-state index contributed by atoms with van der Waals surface area (Å²) in [5.74, 6) is -0.311. The fraction of sp³-hybridized carbons (Fsp3) is 0. The number of anilines is 1. The molecular weight excluding hydrogens is 169 g/mol. The Kier molecular flexibility index (Phi) is 1.59. The van der Waals surface area contributed by atoms with Crippen LogP contribution < -0.4 is 5.73 Å². The van der Waals surface area contributed by atoms with Gasteiger partial charge in [-0.1, -0.05) is 6.07 Å². The quantitative estimate of drug-likeness (QED) is 0.479. The molecule has 0 saturated carbocycles. The van der Waals surface area contributed by atoms with Gasteiger partial charge in [-0.25, -0.2) is 4.39 Å². The van der Waals surface area contributed by atoms with Crippen LogP contribution in [0.4, 0.5) is 10.1 Å². The van der Waals surface area contributed by atoms with E-state index >= 15 is 0 Å². The third kappa shape index (κ3) is 1.18. The first kappa shape index (κ1) is 7.86. The highest BCUT2D eigenvalue weighted by Crippen LogP contribution is 2.30. The van der Waals surface area contributed by atoms with Crippen molar-refractivity contribution in [1.29, 1.82) is 0 Å². The van der Waals surface area contributed by atoms with E-state index in [1.165, 1.54) is 18.2 Å². The molecule has 2 rings (SSSR count). The number of benzene rings is 2. The first-order chi connectivity index (χ1) is 6.18. The Bertz CT molecular complexity index is 468. The van der Waals surface area contributed by atoms with Crippen LogP contribution in [-0.4, -0.2) is 5.11 Å². The number of halogens is 1. The third-order valence-corrected chi connectivity index (χ3v) is 1.98. The first-order valence-electron chi connectivity index (χ1n) is 3.85. The van der Waals surface area contributed by atoms with E-state index in [0.29, 0.717) is 16.5 Å². The molecule has 0 aliphatic heterocycles. The van der Waals surface area contributed by atoms with E-state index in [1.807, 2.05) is 0 Å². The van der Waals surface area contributed by atoms with Gasteiger partial charge in [-0.3, -0.25) is 0 Å². The lowest BCUT2D eigenvalue weighted by molar-refractivity contribution is 0.484. The van der Waals surface area contributed by atoms with Crippen LogP contribution in [0.15, 0.2) is 30.3 Å². The Hall–Kier alpha value is -1.77. The second-order valence-corrected chi connectivity index (χ2v) is 2.87. The molecule has 0 aromatic heterocycles. The maximum atomic E-state index is 12.8. The molecule has 0 aliphatic carbocycles. The Morgan fingerprint density at radius 1 is 1.15 bits per heavy atom. The summed E-state index contributed by atoms with van der Waals surface area (Å²) in [5.41, 5.74) is 5.78. The van der Waals surface area contributed by atoms with E-state index < -0.39 is 0 Å². The topological polar surface area (TPSA) is 46.2 Å². The zero-order chi connectivity index (χ0) is 9.42. The van der Waals surface area contributed by atoms with Gasteiger partial charge in [-0.15, -0.1) is 0 Å². The molecule has 13 heavy (non-hydrogen) atoms. The predicted octanol–water partition coefficient (Wildman–Crippen LogP) is 2.27. The van der Waals surface area contributed by atoms with Crippen LogP contribution in [0.25, 0.3) is 10.8 Å². The molecule has 0 amide bonds. The average Bonchev–Trinajstić information content (AvgIpc) is 2.12. The van der Waals surface area contributed by atoms with Gasteiger partial charge >= 0.3 is 0 Å². The Balaban J connectivity index is 2.87. The molecule has 3 heteroatoms. The molecule has 2 aromatic carbocycles. The lowest BCUT2D eigenvalue weighted by Gasteiger charge is -2.03. The summed E-state index contributed by atoms with van der Waals surface area (Å²) in [6.45, 7) is 0. The summed E-state index contributed by atoms with van der Waals surface area (Å²) in [7, 11) is 0. The molecule has 0 radical (unpaired) electrons. The molecule has 0 aliphatic rings. The van der Waals surface area contributed by atoms with Crippen LogP contribution in [0, 0.1) is 5.82 Å². The normalized spacial score (nSPS) is 10.5. The number of phenols is 1. The van der Waals surface area contributed by atoms with Crippen molar-refractivity contribution in [2.75, 3.05) is 5.73 Å². The van der Waals surface area contributed by atoms with Crippen molar-refractivity contribution >= 4 is 16.5 Å². The van der Waals surface area contributed by atoms with Gasteiger partial charge in [-0.05, 0) is 29.7 Å². The van der Waals surface area contributed by atoms with Crippen molar-refractivity contribution < 1.29 is 9.50 Å². The van der Waals surface area contributed by atoms with Gasteiger partial charge in [0.25, 0.3) is 0 Å². The zero-order valence-corrected chi connectivity index (χ0v) is 6.79. The van der Waals surface area contributed by atoms with E-state index in [-0.39, 0.29) is 11.6 Å². The highest BCUT2D eigenvalue weighted by atomic mass is 19.1. The molecule has 66 valence electrons. The van der Waals surface area contributed by atoms with Crippen molar-refractivity contribution in [3.63, 3.8) is 0 Å². The van der Waals surface area contributed by atoms with Crippen LogP contribution >= 0.6 is 0 Å². The van der Waals surface area contributed by atoms with Gasteiger partial charge in [0.15, 0.2) is 0 Å². The number of hydrogen-bond donors (Lipinski definition) is 2. The third-order valence-electron chi connectivity index (χ3n) is 1.98. The van der Waals surface area contributed by atoms with Gasteiger partial charge in [0.2, 0.25) is 0 Å². The number of aromatic hydroxyl groups is 1. The van der Waals surface area contributed by atoms with Crippen molar-refractivity contribution in [1.82, 2.24) is 0 Å². The minimum Gasteiger partial charge on any atom is -0.505 e. The lowest BCUT2D eigenvalue weighted by Crippen LogP contribution is -1.86. The SMILES string of the molecule is Nc1ccc2cc(F)ccc2c1O. The van der Waals surface area contributed by atoms with Crippen LogP contribution in [0.2, 0.25) is 0 Å². The predicted molar refractivity (Wildman–Crippen MR) is 50.0 cm³/mol. The minimum atomic E-state index is -0.323. The monoisotopic (exact) mass is 177 g/mol. The zero-order valence-electron chi connectivity index (χ0n) is 6.79. The minimum absolute atomic E-state index is 0.0116. The van der Waals surface area contributed by atoms with Crippen molar-refractivity contribution in [2.24, 2.45) is 0 Å². The maximum absolute atomic E-state index is 12.8. The highest BCUT2D eigenvalue weighted by Gasteiger charge is 2.03. The fourth-order valence-electron chi connectivity index (χ4n) is 1.30. The average molecular weight is 177 g/mol. The Morgan fingerprint density at radius 2 is 1.92 bits per heavy atom. The van der Waals surface area contributed by atoms with Crippen LogP contribution in [-0.2, 0) is 0 Å². The largest absolute Gasteiger partial charge is 0.505 e. The van der Waals surface area contributed by atoms with Gasteiger partial charge in [-0.2, -0.15) is 0 Å². The maximum Gasteiger partial charge on any atom is 0.146 e. The smallest absolute Gasteiger partial charge is 0.146 e. The summed E-state index contributed by atoms with van der Waals surface area (Å²) in [5, 5.41) is 10.7. The van der Waals surface area contributed by atoms with E-state index in [0.717, 1.165) is 0 Å². The summed E-state index contributed by atoms with van der Waals surface area (Å²) >= 11 is 0. The van der Waals surface area contributed by atoms with E-state index in [9.17, 15) is 9.50 Å². The summed E-state index contributed by atoms with van der Waals surface area (Å²) in [4.78, 5) is 0. The molecule has 0 spiro atoms. The van der Waals surface area contributed by atoms with E-state index in [2.05, 4.69) is 0 Å². The number of nitrogens with two attached hydrogens (primary N) is 1. The second-order valence-electron chi connectivity index (χ2n) is 2.87. The number of phenolic OH excluding ortho intramolecular Hbond substituents is 1. The number of fused-ring (bicyclic) bond motifs is 1. The van der Waals surface area contributed by atoms with Crippen LogP contribution in [0.1, 0.15) is 0 Å². The van der Waals surface area contributed by atoms with E-state index in [1.54, 1.807) is 12.1 Å². The fourth-order valence-corrected chi connectivity index (χ4v) is 1.30. The van der Waals surface area contributed by atoms with Gasteiger partial charge in [0, 0.05) is 5.39 Å². The molecule has 0 heterocycles. The van der Waals surface area contributed by atoms with Gasteiger partial charge < -0.3 is 10.8 Å². The molecule has 0 saturated heterocycles. The molecule has 0 bridgehead atoms.